The van der Waals surface area contributed by atoms with E-state index in [1.165, 1.54) is 26.4 Å². The van der Waals surface area contributed by atoms with Crippen LogP contribution < -0.4 is 10.1 Å². The number of nitrogens with one attached hydrogen (secondary N) is 1. The zero-order valence-electron chi connectivity index (χ0n) is 15.8. The second kappa shape index (κ2) is 8.17. The molecule has 0 radical (unpaired) electrons. The number of aromatic nitrogens is 4. The maximum absolute atomic E-state index is 12.5. The van der Waals surface area contributed by atoms with Gasteiger partial charge in [-0.25, -0.2) is 22.7 Å². The van der Waals surface area contributed by atoms with Gasteiger partial charge in [0.05, 0.1) is 12.3 Å². The number of hydrogen-bond donors (Lipinski definition) is 1. The van der Waals surface area contributed by atoms with Crippen LogP contribution in [0, 0.1) is 0 Å². The molecule has 0 aromatic carbocycles. The summed E-state index contributed by atoms with van der Waals surface area (Å²) in [7, 11) is -0.718. The summed E-state index contributed by atoms with van der Waals surface area (Å²) >= 11 is 1.09. The maximum Gasteiger partial charge on any atom is 0.246 e. The van der Waals surface area contributed by atoms with Crippen LogP contribution in [0.25, 0.3) is 11.5 Å². The Morgan fingerprint density at radius 1 is 1.18 bits per heavy atom. The van der Waals surface area contributed by atoms with E-state index in [2.05, 4.69) is 24.6 Å². The van der Waals surface area contributed by atoms with E-state index in [1.807, 2.05) is 13.8 Å². The highest BCUT2D eigenvalue weighted by Gasteiger charge is 2.22. The van der Waals surface area contributed by atoms with E-state index in [4.69, 9.17) is 4.74 Å². The molecule has 0 bridgehead atoms. The van der Waals surface area contributed by atoms with E-state index in [0.29, 0.717) is 22.4 Å². The summed E-state index contributed by atoms with van der Waals surface area (Å²) in [6.45, 7) is 3.88. The molecule has 9 nitrogen and oxygen atoms in total. The lowest BCUT2D eigenvalue weighted by Crippen LogP contribution is -2.23. The first-order valence-electron chi connectivity index (χ1n) is 8.38. The fraction of sp³-hybridized carbons (Fsp3) is 0.294. The molecule has 0 spiro atoms. The van der Waals surface area contributed by atoms with Crippen molar-refractivity contribution in [2.24, 2.45) is 0 Å². The summed E-state index contributed by atoms with van der Waals surface area (Å²) < 4.78 is 35.9. The van der Waals surface area contributed by atoms with E-state index in [1.54, 1.807) is 24.4 Å². The first kappa shape index (κ1) is 20.1. The molecule has 3 aromatic rings. The molecular weight excluding hydrogens is 400 g/mol. The van der Waals surface area contributed by atoms with Crippen LogP contribution in [-0.4, -0.2) is 52.2 Å². The molecule has 0 saturated heterocycles. The largest absolute Gasteiger partial charge is 0.489 e. The second-order valence-electron chi connectivity index (χ2n) is 6.23. The van der Waals surface area contributed by atoms with Crippen molar-refractivity contribution < 1.29 is 13.2 Å². The fourth-order valence-corrected chi connectivity index (χ4v) is 3.79. The molecule has 0 amide bonds. The summed E-state index contributed by atoms with van der Waals surface area (Å²) in [5, 5.41) is 3.35. The van der Waals surface area contributed by atoms with Crippen molar-refractivity contribution in [3.8, 4) is 17.3 Å². The van der Waals surface area contributed by atoms with E-state index in [0.717, 1.165) is 15.8 Å². The minimum atomic E-state index is -3.65. The van der Waals surface area contributed by atoms with Gasteiger partial charge in [-0.3, -0.25) is 0 Å². The predicted octanol–water partition coefficient (Wildman–Crippen LogP) is 2.78. The topological polar surface area (TPSA) is 110 Å². The van der Waals surface area contributed by atoms with Gasteiger partial charge in [-0.15, -0.1) is 0 Å². The molecule has 1 N–H and O–H groups in total. The zero-order valence-corrected chi connectivity index (χ0v) is 17.5. The van der Waals surface area contributed by atoms with Gasteiger partial charge in [0, 0.05) is 31.8 Å². The number of anilines is 2. The molecular formula is C17H20N6O3S2. The van der Waals surface area contributed by atoms with Crippen molar-refractivity contribution in [3.05, 3.63) is 36.7 Å². The minimum Gasteiger partial charge on any atom is -0.489 e. The van der Waals surface area contributed by atoms with Crippen molar-refractivity contribution in [3.63, 3.8) is 0 Å². The summed E-state index contributed by atoms with van der Waals surface area (Å²) in [6, 6.07) is 6.63. The lowest BCUT2D eigenvalue weighted by Gasteiger charge is -2.14. The molecule has 3 heterocycles. The van der Waals surface area contributed by atoms with Crippen LogP contribution in [0.3, 0.4) is 0 Å². The van der Waals surface area contributed by atoms with E-state index in [-0.39, 0.29) is 16.8 Å². The highest BCUT2D eigenvalue weighted by Crippen LogP contribution is 2.27. The Morgan fingerprint density at radius 3 is 2.61 bits per heavy atom. The minimum absolute atomic E-state index is 0.0602. The fourth-order valence-electron chi connectivity index (χ4n) is 2.22. The zero-order chi connectivity index (χ0) is 20.3. The summed E-state index contributed by atoms with van der Waals surface area (Å²) in [5.74, 6) is 1.28. The number of rotatable bonds is 7. The first-order valence-corrected chi connectivity index (χ1v) is 10.6. The Bertz CT molecular complexity index is 1050. The summed E-state index contributed by atoms with van der Waals surface area (Å²) in [6.07, 6.45) is 3.18. The Morgan fingerprint density at radius 2 is 1.96 bits per heavy atom. The van der Waals surface area contributed by atoms with E-state index in [9.17, 15) is 8.42 Å². The van der Waals surface area contributed by atoms with E-state index >= 15 is 0 Å². The quantitative estimate of drug-likeness (QED) is 0.621. The molecule has 0 saturated carbocycles. The molecule has 3 rings (SSSR count). The van der Waals surface area contributed by atoms with Gasteiger partial charge < -0.3 is 10.1 Å². The van der Waals surface area contributed by atoms with Crippen LogP contribution in [0.15, 0.2) is 41.6 Å². The van der Waals surface area contributed by atoms with Crippen LogP contribution in [-0.2, 0) is 10.0 Å². The number of hydrogen-bond acceptors (Lipinski definition) is 9. The maximum atomic E-state index is 12.5. The third-order valence-corrected chi connectivity index (χ3v) is 6.00. The Kier molecular flexibility index (Phi) is 5.87. The highest BCUT2D eigenvalue weighted by molar-refractivity contribution is 7.89. The van der Waals surface area contributed by atoms with Crippen molar-refractivity contribution in [2.45, 2.75) is 24.8 Å². The van der Waals surface area contributed by atoms with Gasteiger partial charge in [-0.05, 0) is 38.1 Å². The van der Waals surface area contributed by atoms with Gasteiger partial charge in [0.1, 0.15) is 16.3 Å². The third-order valence-electron chi connectivity index (χ3n) is 3.52. The molecule has 148 valence electrons. The van der Waals surface area contributed by atoms with Gasteiger partial charge in [-0.1, -0.05) is 0 Å². The monoisotopic (exact) mass is 420 g/mol. The summed E-state index contributed by atoms with van der Waals surface area (Å²) in [4.78, 5) is 12.9. The van der Waals surface area contributed by atoms with Crippen LogP contribution in [0.5, 0.6) is 5.75 Å². The van der Waals surface area contributed by atoms with Gasteiger partial charge in [-0.2, -0.15) is 9.36 Å². The number of nitrogens with zero attached hydrogens (tertiary/aromatic N) is 5. The average Bonchev–Trinajstić information content (AvgIpc) is 3.10. The molecule has 0 aliphatic rings. The molecule has 0 atom stereocenters. The normalized spacial score (nSPS) is 11.8. The molecule has 0 fully saturated rings. The smallest absolute Gasteiger partial charge is 0.246 e. The van der Waals surface area contributed by atoms with Crippen molar-refractivity contribution in [2.75, 3.05) is 19.4 Å². The van der Waals surface area contributed by atoms with Crippen molar-refractivity contribution >= 4 is 32.5 Å². The number of pyridine rings is 2. The molecule has 3 aromatic heterocycles. The molecule has 11 heteroatoms. The average molecular weight is 421 g/mol. The number of ether oxygens (including phenoxy) is 1. The number of sulfonamides is 1. The predicted molar refractivity (Wildman–Crippen MR) is 107 cm³/mol. The first-order chi connectivity index (χ1) is 13.3. The van der Waals surface area contributed by atoms with Crippen LogP contribution in [0.4, 0.5) is 10.9 Å². The Labute approximate surface area is 167 Å². The van der Waals surface area contributed by atoms with Gasteiger partial charge in [0.25, 0.3) is 0 Å². The standard InChI is InChI=1S/C17H20N6O3S2/c1-11(2)26-12-7-8-13(19-10-12)15-20-17(27-22-15)21-16-14(6-5-9-18-16)28(24,25)23(3)4/h5-11H,1-4H3,(H,18,20,21,22). The SMILES string of the molecule is CC(C)Oc1ccc(-c2nsc(Nc3ncccc3S(=O)(=O)N(C)C)n2)nc1. The highest BCUT2D eigenvalue weighted by atomic mass is 32.2. The molecule has 28 heavy (non-hydrogen) atoms. The molecule has 0 aliphatic heterocycles. The third kappa shape index (κ3) is 4.43. The van der Waals surface area contributed by atoms with Crippen LogP contribution in [0.2, 0.25) is 0 Å². The van der Waals surface area contributed by atoms with Gasteiger partial charge in [0.2, 0.25) is 15.2 Å². The van der Waals surface area contributed by atoms with Gasteiger partial charge in [0.15, 0.2) is 11.6 Å². The lowest BCUT2D eigenvalue weighted by molar-refractivity contribution is 0.241. The summed E-state index contributed by atoms with van der Waals surface area (Å²) in [5.41, 5.74) is 0.586. The van der Waals surface area contributed by atoms with Crippen LogP contribution in [0.1, 0.15) is 13.8 Å². The van der Waals surface area contributed by atoms with Gasteiger partial charge >= 0.3 is 0 Å². The Hall–Kier alpha value is -2.63. The van der Waals surface area contributed by atoms with Crippen LogP contribution >= 0.6 is 11.5 Å². The second-order valence-corrected chi connectivity index (χ2v) is 9.10. The van der Waals surface area contributed by atoms with E-state index < -0.39 is 10.0 Å². The van der Waals surface area contributed by atoms with Crippen molar-refractivity contribution in [1.29, 1.82) is 0 Å². The Balaban J connectivity index is 1.83. The molecule has 0 unspecified atom stereocenters. The van der Waals surface area contributed by atoms with Crippen molar-refractivity contribution in [1.82, 2.24) is 23.6 Å². The molecule has 0 aliphatic carbocycles. The lowest BCUT2D eigenvalue weighted by atomic mass is 10.3.